The summed E-state index contributed by atoms with van der Waals surface area (Å²) >= 11 is 0. The van der Waals surface area contributed by atoms with Gasteiger partial charge in [-0.25, -0.2) is 0 Å². The number of carboxylic acid groups (broad SMARTS) is 1. The third-order valence-corrected chi connectivity index (χ3v) is 4.38. The molecule has 2 atom stereocenters. The summed E-state index contributed by atoms with van der Waals surface area (Å²) in [6.07, 6.45) is 7.73. The summed E-state index contributed by atoms with van der Waals surface area (Å²) in [7, 11) is 0. The zero-order valence-electron chi connectivity index (χ0n) is 10.7. The zero-order valence-corrected chi connectivity index (χ0v) is 10.7. The van der Waals surface area contributed by atoms with Crippen LogP contribution in [0.4, 0.5) is 0 Å². The standard InChI is InChI=1S/C13H24N2O2/c1-13(14,12(16)17)9-15-8-4-7-11(15)10-5-2-3-6-10/h10-11H,2-9,14H2,1H3,(H,16,17). The molecule has 98 valence electrons. The lowest BCUT2D eigenvalue weighted by Gasteiger charge is -2.33. The summed E-state index contributed by atoms with van der Waals surface area (Å²) in [5, 5.41) is 9.10. The van der Waals surface area contributed by atoms with Crippen LogP contribution in [0.3, 0.4) is 0 Å². The first-order valence-corrected chi connectivity index (χ1v) is 6.77. The van der Waals surface area contributed by atoms with Crippen LogP contribution in [-0.4, -0.2) is 40.6 Å². The Balaban J connectivity index is 1.97. The van der Waals surface area contributed by atoms with E-state index in [0.29, 0.717) is 12.6 Å². The Morgan fingerprint density at radius 2 is 2.00 bits per heavy atom. The molecule has 2 rings (SSSR count). The van der Waals surface area contributed by atoms with Gasteiger partial charge < -0.3 is 10.8 Å². The van der Waals surface area contributed by atoms with Crippen molar-refractivity contribution in [1.29, 1.82) is 0 Å². The van der Waals surface area contributed by atoms with E-state index in [0.717, 1.165) is 12.5 Å². The number of nitrogens with zero attached hydrogens (tertiary/aromatic N) is 1. The second-order valence-electron chi connectivity index (χ2n) is 5.95. The highest BCUT2D eigenvalue weighted by Crippen LogP contribution is 2.35. The van der Waals surface area contributed by atoms with Crippen molar-refractivity contribution in [1.82, 2.24) is 4.90 Å². The van der Waals surface area contributed by atoms with Gasteiger partial charge in [0.15, 0.2) is 0 Å². The fourth-order valence-electron chi connectivity index (χ4n) is 3.41. The van der Waals surface area contributed by atoms with Gasteiger partial charge >= 0.3 is 5.97 Å². The minimum absolute atomic E-state index is 0.490. The molecule has 2 aliphatic rings. The maximum Gasteiger partial charge on any atom is 0.324 e. The van der Waals surface area contributed by atoms with Gasteiger partial charge in [0.05, 0.1) is 0 Å². The Kier molecular flexibility index (Phi) is 3.73. The molecule has 1 aliphatic carbocycles. The molecule has 1 saturated carbocycles. The third kappa shape index (κ3) is 2.80. The van der Waals surface area contributed by atoms with E-state index in [2.05, 4.69) is 4.90 Å². The minimum Gasteiger partial charge on any atom is -0.480 e. The maximum absolute atomic E-state index is 11.1. The van der Waals surface area contributed by atoms with Crippen LogP contribution in [0.25, 0.3) is 0 Å². The number of hydrogen-bond acceptors (Lipinski definition) is 3. The molecule has 0 aromatic rings. The molecule has 3 N–H and O–H groups in total. The fourth-order valence-corrected chi connectivity index (χ4v) is 3.41. The SMILES string of the molecule is CC(N)(CN1CCCC1C1CCCC1)C(=O)O. The molecule has 4 nitrogen and oxygen atoms in total. The van der Waals surface area contributed by atoms with Gasteiger partial charge in [-0.1, -0.05) is 12.8 Å². The Morgan fingerprint density at radius 1 is 1.35 bits per heavy atom. The highest BCUT2D eigenvalue weighted by atomic mass is 16.4. The van der Waals surface area contributed by atoms with E-state index in [1.807, 2.05) is 0 Å². The van der Waals surface area contributed by atoms with Crippen molar-refractivity contribution >= 4 is 5.97 Å². The molecule has 2 fully saturated rings. The average Bonchev–Trinajstić information content (AvgIpc) is 2.85. The third-order valence-electron chi connectivity index (χ3n) is 4.38. The van der Waals surface area contributed by atoms with Gasteiger partial charge in [-0.05, 0) is 45.1 Å². The Bertz CT molecular complexity index is 285. The van der Waals surface area contributed by atoms with E-state index < -0.39 is 11.5 Å². The second-order valence-corrected chi connectivity index (χ2v) is 5.95. The molecule has 0 aromatic heterocycles. The van der Waals surface area contributed by atoms with E-state index in [9.17, 15) is 4.79 Å². The van der Waals surface area contributed by atoms with Crippen LogP contribution in [0, 0.1) is 5.92 Å². The van der Waals surface area contributed by atoms with Crippen molar-refractivity contribution in [3.05, 3.63) is 0 Å². The monoisotopic (exact) mass is 240 g/mol. The summed E-state index contributed by atoms with van der Waals surface area (Å²) in [5.74, 6) is -0.114. The molecule has 1 heterocycles. The van der Waals surface area contributed by atoms with Gasteiger partial charge in [-0.2, -0.15) is 0 Å². The van der Waals surface area contributed by atoms with E-state index >= 15 is 0 Å². The van der Waals surface area contributed by atoms with Gasteiger partial charge in [0.25, 0.3) is 0 Å². The second kappa shape index (κ2) is 4.94. The van der Waals surface area contributed by atoms with Crippen LogP contribution in [0.15, 0.2) is 0 Å². The fraction of sp³-hybridized carbons (Fsp3) is 0.923. The summed E-state index contributed by atoms with van der Waals surface area (Å²) in [6, 6.07) is 0.583. The Morgan fingerprint density at radius 3 is 2.59 bits per heavy atom. The predicted molar refractivity (Wildman–Crippen MR) is 66.8 cm³/mol. The number of rotatable bonds is 4. The van der Waals surface area contributed by atoms with Crippen molar-refractivity contribution in [2.75, 3.05) is 13.1 Å². The lowest BCUT2D eigenvalue weighted by atomic mass is 9.94. The molecule has 0 spiro atoms. The van der Waals surface area contributed by atoms with Crippen LogP contribution in [0.5, 0.6) is 0 Å². The van der Waals surface area contributed by atoms with E-state index in [4.69, 9.17) is 10.8 Å². The molecule has 17 heavy (non-hydrogen) atoms. The minimum atomic E-state index is -1.11. The Hall–Kier alpha value is -0.610. The summed E-state index contributed by atoms with van der Waals surface area (Å²) in [5.41, 5.74) is 4.75. The highest BCUT2D eigenvalue weighted by molar-refractivity contribution is 5.78. The van der Waals surface area contributed by atoms with Crippen LogP contribution in [-0.2, 0) is 4.79 Å². The first-order valence-electron chi connectivity index (χ1n) is 6.77. The van der Waals surface area contributed by atoms with Crippen molar-refractivity contribution in [2.24, 2.45) is 11.7 Å². The lowest BCUT2D eigenvalue weighted by molar-refractivity contribution is -0.143. The van der Waals surface area contributed by atoms with E-state index in [1.165, 1.54) is 38.5 Å². The Labute approximate surface area is 103 Å². The molecular formula is C13H24N2O2. The number of carboxylic acids is 1. The van der Waals surface area contributed by atoms with Gasteiger partial charge in [-0.15, -0.1) is 0 Å². The highest BCUT2D eigenvalue weighted by Gasteiger charge is 2.38. The number of carbonyl (C=O) groups is 1. The average molecular weight is 240 g/mol. The molecule has 0 radical (unpaired) electrons. The van der Waals surface area contributed by atoms with Gasteiger partial charge in [0.1, 0.15) is 5.54 Å². The molecule has 4 heteroatoms. The first kappa shape index (κ1) is 12.8. The first-order chi connectivity index (χ1) is 8.00. The lowest BCUT2D eigenvalue weighted by Crippen LogP contribution is -2.55. The number of likely N-dealkylation sites (tertiary alicyclic amines) is 1. The molecule has 1 saturated heterocycles. The topological polar surface area (TPSA) is 66.6 Å². The maximum atomic E-state index is 11.1. The van der Waals surface area contributed by atoms with Crippen molar-refractivity contribution < 1.29 is 9.90 Å². The molecule has 0 aromatic carbocycles. The zero-order chi connectivity index (χ0) is 12.5. The summed E-state index contributed by atoms with van der Waals surface area (Å²) in [4.78, 5) is 13.4. The summed E-state index contributed by atoms with van der Waals surface area (Å²) in [6.45, 7) is 3.13. The molecule has 1 aliphatic heterocycles. The van der Waals surface area contributed by atoms with Gasteiger partial charge in [-0.3, -0.25) is 9.69 Å². The quantitative estimate of drug-likeness (QED) is 0.780. The molecule has 2 unspecified atom stereocenters. The summed E-state index contributed by atoms with van der Waals surface area (Å²) < 4.78 is 0. The van der Waals surface area contributed by atoms with Crippen LogP contribution in [0.2, 0.25) is 0 Å². The van der Waals surface area contributed by atoms with Crippen LogP contribution >= 0.6 is 0 Å². The predicted octanol–water partition coefficient (Wildman–Crippen LogP) is 1.44. The molecular weight excluding hydrogens is 216 g/mol. The molecule has 0 bridgehead atoms. The normalized spacial score (nSPS) is 30.6. The van der Waals surface area contributed by atoms with Gasteiger partial charge in [0, 0.05) is 12.6 Å². The van der Waals surface area contributed by atoms with E-state index in [1.54, 1.807) is 6.92 Å². The molecule has 0 amide bonds. The number of nitrogens with two attached hydrogens (primary N) is 1. The smallest absolute Gasteiger partial charge is 0.324 e. The number of hydrogen-bond donors (Lipinski definition) is 2. The van der Waals surface area contributed by atoms with E-state index in [-0.39, 0.29) is 0 Å². The number of aliphatic carboxylic acids is 1. The largest absolute Gasteiger partial charge is 0.480 e. The van der Waals surface area contributed by atoms with Crippen molar-refractivity contribution in [3.8, 4) is 0 Å². The van der Waals surface area contributed by atoms with Crippen molar-refractivity contribution in [2.45, 2.75) is 57.0 Å². The van der Waals surface area contributed by atoms with Gasteiger partial charge in [0.2, 0.25) is 0 Å². The van der Waals surface area contributed by atoms with Crippen LogP contribution < -0.4 is 5.73 Å². The van der Waals surface area contributed by atoms with Crippen molar-refractivity contribution in [3.63, 3.8) is 0 Å². The van der Waals surface area contributed by atoms with Crippen LogP contribution in [0.1, 0.15) is 45.4 Å².